The fourth-order valence-electron chi connectivity index (χ4n) is 3.61. The summed E-state index contributed by atoms with van der Waals surface area (Å²) in [6, 6.07) is 9.77. The monoisotopic (exact) mass is 429 g/mol. The molecule has 0 bridgehead atoms. The minimum Gasteiger partial charge on any atom is -0.373 e. The summed E-state index contributed by atoms with van der Waals surface area (Å²) >= 11 is 1.50. The number of halogens is 1. The van der Waals surface area contributed by atoms with E-state index in [1.165, 1.54) is 23.5 Å². The molecule has 4 rings (SSSR count). The second-order valence-electron chi connectivity index (χ2n) is 7.40. The minimum atomic E-state index is -0.332. The number of nitrogens with zero attached hydrogens (tertiary/aromatic N) is 4. The number of ether oxygens (including phenoxy) is 1. The first-order valence-corrected chi connectivity index (χ1v) is 10.8. The molecule has 0 saturated carbocycles. The van der Waals surface area contributed by atoms with Crippen LogP contribution in [-0.4, -0.2) is 64.0 Å². The molecule has 1 saturated heterocycles. The van der Waals surface area contributed by atoms with E-state index in [0.717, 1.165) is 24.5 Å². The number of carbonyl (C=O) groups is 1. The van der Waals surface area contributed by atoms with Crippen molar-refractivity contribution in [3.05, 3.63) is 53.4 Å². The van der Waals surface area contributed by atoms with E-state index in [9.17, 15) is 9.18 Å². The Bertz CT molecular complexity index is 980. The zero-order chi connectivity index (χ0) is 21.1. The molecule has 9 heteroatoms. The van der Waals surface area contributed by atoms with Gasteiger partial charge in [0.05, 0.1) is 22.8 Å². The first kappa shape index (κ1) is 20.6. The Labute approximate surface area is 178 Å². The van der Waals surface area contributed by atoms with Crippen LogP contribution in [0.1, 0.15) is 24.5 Å². The lowest BCUT2D eigenvalue weighted by molar-refractivity contribution is -0.0672. The summed E-state index contributed by atoms with van der Waals surface area (Å²) in [6.07, 6.45) is 0.372. The Morgan fingerprint density at radius 3 is 2.63 bits per heavy atom. The van der Waals surface area contributed by atoms with Gasteiger partial charge in [-0.15, -0.1) is 16.4 Å². The molecule has 1 aliphatic rings. The molecule has 1 amide bonds. The second kappa shape index (κ2) is 9.03. The third kappa shape index (κ3) is 4.75. The highest BCUT2D eigenvalue weighted by atomic mass is 32.1. The predicted molar refractivity (Wildman–Crippen MR) is 113 cm³/mol. The topological polar surface area (TPSA) is 72.3 Å². The van der Waals surface area contributed by atoms with Gasteiger partial charge >= 0.3 is 0 Å². The average Bonchev–Trinajstić information content (AvgIpc) is 3.37. The SMILES string of the molecule is C[C@H]1CN(CCNC(=O)c2nc(-c3cccs3)n(-c3ccc(F)cc3)n2)C[C@H](C)O1. The summed E-state index contributed by atoms with van der Waals surface area (Å²) in [4.78, 5) is 20.3. The fraction of sp³-hybridized carbons (Fsp3) is 0.381. The quantitative estimate of drug-likeness (QED) is 0.652. The summed E-state index contributed by atoms with van der Waals surface area (Å²) in [6.45, 7) is 7.04. The maximum absolute atomic E-state index is 13.3. The number of amides is 1. The predicted octanol–water partition coefficient (Wildman–Crippen LogP) is 2.97. The summed E-state index contributed by atoms with van der Waals surface area (Å²) in [5.41, 5.74) is 0.641. The summed E-state index contributed by atoms with van der Waals surface area (Å²) < 4.78 is 20.6. The first-order valence-electron chi connectivity index (χ1n) is 9.92. The van der Waals surface area contributed by atoms with Crippen molar-refractivity contribution in [1.82, 2.24) is 25.0 Å². The molecule has 3 aromatic rings. The van der Waals surface area contributed by atoms with Gasteiger partial charge in [0.2, 0.25) is 5.82 Å². The van der Waals surface area contributed by atoms with Crippen molar-refractivity contribution in [2.45, 2.75) is 26.1 Å². The van der Waals surface area contributed by atoms with Crippen LogP contribution in [-0.2, 0) is 4.74 Å². The number of thiophene rings is 1. The van der Waals surface area contributed by atoms with Crippen molar-refractivity contribution in [1.29, 1.82) is 0 Å². The molecule has 1 fully saturated rings. The highest BCUT2D eigenvalue weighted by molar-refractivity contribution is 7.13. The maximum Gasteiger partial charge on any atom is 0.291 e. The number of nitrogens with one attached hydrogen (secondary N) is 1. The van der Waals surface area contributed by atoms with Crippen LogP contribution >= 0.6 is 11.3 Å². The highest BCUT2D eigenvalue weighted by Gasteiger charge is 2.23. The molecule has 1 aliphatic heterocycles. The Balaban J connectivity index is 1.47. The molecule has 158 valence electrons. The Morgan fingerprint density at radius 2 is 1.97 bits per heavy atom. The van der Waals surface area contributed by atoms with Crippen LogP contribution in [0.25, 0.3) is 16.4 Å². The molecule has 7 nitrogen and oxygen atoms in total. The Hall–Kier alpha value is -2.62. The van der Waals surface area contributed by atoms with Gasteiger partial charge in [0.15, 0.2) is 5.82 Å². The van der Waals surface area contributed by atoms with Gasteiger partial charge in [0.1, 0.15) is 5.82 Å². The van der Waals surface area contributed by atoms with E-state index in [2.05, 4.69) is 34.1 Å². The standard InChI is InChI=1S/C21H24FN5O2S/c1-14-12-26(13-15(2)29-14)10-9-23-21(28)19-24-20(18-4-3-11-30-18)27(25-19)17-7-5-16(22)6-8-17/h3-8,11,14-15H,9-10,12-13H2,1-2H3,(H,23,28)/t14-,15-/m0/s1. The van der Waals surface area contributed by atoms with Crippen molar-refractivity contribution >= 4 is 17.2 Å². The van der Waals surface area contributed by atoms with Crippen molar-refractivity contribution in [3.63, 3.8) is 0 Å². The van der Waals surface area contributed by atoms with E-state index >= 15 is 0 Å². The second-order valence-corrected chi connectivity index (χ2v) is 8.35. The summed E-state index contributed by atoms with van der Waals surface area (Å²) in [5.74, 6) is -0.0201. The Morgan fingerprint density at radius 1 is 1.23 bits per heavy atom. The molecule has 0 aliphatic carbocycles. The van der Waals surface area contributed by atoms with Gasteiger partial charge in [0.25, 0.3) is 5.91 Å². The highest BCUT2D eigenvalue weighted by Crippen LogP contribution is 2.25. The molecule has 2 atom stereocenters. The first-order chi connectivity index (χ1) is 14.5. The number of morpholine rings is 1. The Kier molecular flexibility index (Phi) is 6.21. The van der Waals surface area contributed by atoms with E-state index in [0.29, 0.717) is 18.1 Å². The third-order valence-electron chi connectivity index (χ3n) is 4.83. The van der Waals surface area contributed by atoms with E-state index in [-0.39, 0.29) is 29.8 Å². The van der Waals surface area contributed by atoms with E-state index in [4.69, 9.17) is 4.74 Å². The van der Waals surface area contributed by atoms with Crippen molar-refractivity contribution in [2.75, 3.05) is 26.2 Å². The van der Waals surface area contributed by atoms with Crippen LogP contribution < -0.4 is 5.32 Å². The van der Waals surface area contributed by atoms with E-state index in [1.807, 2.05) is 17.5 Å². The molecule has 0 spiro atoms. The molecule has 3 heterocycles. The van der Waals surface area contributed by atoms with Crippen molar-refractivity contribution in [2.24, 2.45) is 0 Å². The van der Waals surface area contributed by atoms with Gasteiger partial charge in [-0.3, -0.25) is 9.69 Å². The van der Waals surface area contributed by atoms with Crippen LogP contribution in [0, 0.1) is 5.82 Å². The molecule has 2 aromatic heterocycles. The molecule has 30 heavy (non-hydrogen) atoms. The van der Waals surface area contributed by atoms with Crippen LogP contribution in [0.5, 0.6) is 0 Å². The minimum absolute atomic E-state index is 0.0893. The van der Waals surface area contributed by atoms with E-state index < -0.39 is 0 Å². The summed E-state index contributed by atoms with van der Waals surface area (Å²) in [7, 11) is 0. The fourth-order valence-corrected chi connectivity index (χ4v) is 4.31. The number of hydrogen-bond donors (Lipinski definition) is 1. The molecule has 1 N–H and O–H groups in total. The third-order valence-corrected chi connectivity index (χ3v) is 5.70. The van der Waals surface area contributed by atoms with Gasteiger partial charge < -0.3 is 10.1 Å². The lowest BCUT2D eigenvalue weighted by Gasteiger charge is -2.35. The van der Waals surface area contributed by atoms with E-state index in [1.54, 1.807) is 16.8 Å². The zero-order valence-corrected chi connectivity index (χ0v) is 17.7. The molecule has 0 unspecified atom stereocenters. The average molecular weight is 430 g/mol. The number of carbonyl (C=O) groups excluding carboxylic acids is 1. The van der Waals surface area contributed by atoms with Gasteiger partial charge in [-0.2, -0.15) is 0 Å². The molecule has 0 radical (unpaired) electrons. The maximum atomic E-state index is 13.3. The number of benzene rings is 1. The van der Waals surface area contributed by atoms with Gasteiger partial charge in [-0.05, 0) is 49.6 Å². The van der Waals surface area contributed by atoms with Gasteiger partial charge in [-0.1, -0.05) is 6.07 Å². The molecular weight excluding hydrogens is 405 g/mol. The lowest BCUT2D eigenvalue weighted by Crippen LogP contribution is -2.47. The molecular formula is C21H24FN5O2S. The van der Waals surface area contributed by atoms with Crippen LogP contribution in [0.2, 0.25) is 0 Å². The van der Waals surface area contributed by atoms with Crippen molar-refractivity contribution < 1.29 is 13.9 Å². The van der Waals surface area contributed by atoms with Crippen LogP contribution in [0.4, 0.5) is 4.39 Å². The lowest BCUT2D eigenvalue weighted by atomic mass is 10.2. The zero-order valence-electron chi connectivity index (χ0n) is 16.9. The van der Waals surface area contributed by atoms with Gasteiger partial charge in [-0.25, -0.2) is 14.1 Å². The van der Waals surface area contributed by atoms with Crippen molar-refractivity contribution in [3.8, 4) is 16.4 Å². The number of rotatable bonds is 6. The number of hydrogen-bond acceptors (Lipinski definition) is 6. The normalized spacial score (nSPS) is 19.7. The largest absolute Gasteiger partial charge is 0.373 e. The smallest absolute Gasteiger partial charge is 0.291 e. The van der Waals surface area contributed by atoms with Crippen LogP contribution in [0.15, 0.2) is 41.8 Å². The number of aromatic nitrogens is 3. The molecule has 1 aromatic carbocycles. The van der Waals surface area contributed by atoms with Gasteiger partial charge in [0, 0.05) is 26.2 Å². The van der Waals surface area contributed by atoms with Crippen LogP contribution in [0.3, 0.4) is 0 Å². The summed E-state index contributed by atoms with van der Waals surface area (Å²) in [5, 5.41) is 9.24.